The largest absolute Gasteiger partial charge is 0.497 e. The summed E-state index contributed by atoms with van der Waals surface area (Å²) in [5.41, 5.74) is 5.82. The van der Waals surface area contributed by atoms with E-state index in [-0.39, 0.29) is 41.3 Å². The fourth-order valence-electron chi connectivity index (χ4n) is 7.74. The number of ether oxygens (including phenoxy) is 1. The first-order chi connectivity index (χ1) is 24.1. The highest BCUT2D eigenvalue weighted by molar-refractivity contribution is 6.02. The van der Waals surface area contributed by atoms with E-state index in [0.29, 0.717) is 50.3 Å². The number of nitrogens with zero attached hydrogens (tertiary/aromatic N) is 3. The van der Waals surface area contributed by atoms with Gasteiger partial charge in [-0.25, -0.2) is 8.78 Å². The predicted molar refractivity (Wildman–Crippen MR) is 191 cm³/mol. The van der Waals surface area contributed by atoms with Gasteiger partial charge >= 0.3 is 0 Å². The Morgan fingerprint density at radius 1 is 0.840 bits per heavy atom. The summed E-state index contributed by atoms with van der Waals surface area (Å²) < 4.78 is 33.2. The van der Waals surface area contributed by atoms with Crippen LogP contribution in [0, 0.1) is 17.0 Å². The second-order valence-electron chi connectivity index (χ2n) is 14.2. The first kappa shape index (κ1) is 33.5. The van der Waals surface area contributed by atoms with Gasteiger partial charge < -0.3 is 19.9 Å². The maximum Gasteiger partial charge on any atom is 0.242 e. The van der Waals surface area contributed by atoms with Gasteiger partial charge in [0.25, 0.3) is 0 Å². The summed E-state index contributed by atoms with van der Waals surface area (Å²) in [5, 5.41) is 3.62. The molecule has 1 atom stereocenters. The van der Waals surface area contributed by atoms with Crippen molar-refractivity contribution < 1.29 is 23.1 Å². The number of hydrogen-bond acceptors (Lipinski definition) is 6. The molecule has 50 heavy (non-hydrogen) atoms. The van der Waals surface area contributed by atoms with Crippen molar-refractivity contribution >= 4 is 23.1 Å². The van der Waals surface area contributed by atoms with E-state index < -0.39 is 6.04 Å². The van der Waals surface area contributed by atoms with Crippen molar-refractivity contribution in [2.45, 2.75) is 38.8 Å². The molecule has 7 rings (SSSR count). The van der Waals surface area contributed by atoms with Crippen LogP contribution in [0.15, 0.2) is 108 Å². The van der Waals surface area contributed by atoms with Crippen LogP contribution in [0.4, 0.5) is 20.2 Å². The molecule has 2 aliphatic heterocycles. The predicted octanol–water partition coefficient (Wildman–Crippen LogP) is 7.52. The normalized spacial score (nSPS) is 19.1. The summed E-state index contributed by atoms with van der Waals surface area (Å²) >= 11 is 0. The van der Waals surface area contributed by atoms with Crippen LogP contribution in [-0.4, -0.2) is 61.3 Å². The van der Waals surface area contributed by atoms with Gasteiger partial charge in [-0.3, -0.25) is 14.5 Å². The Kier molecular flexibility index (Phi) is 9.18. The Hall–Kier alpha value is -5.02. The standard InChI is InChI=1S/C41H42F2N4O3/c1-41(2)24-34-38(36(48)25-41)40(29-12-18-32(50-3)19-13-29)47(35-7-5-4-6-33(35)44-34)26-37(49)45-20-22-46(23-21-45)39(27-8-14-30(42)15-9-27)28-10-16-31(43)17-11-28/h4-19,39-40,44H,20-26H2,1-3H3. The monoisotopic (exact) mass is 676 g/mol. The molecule has 258 valence electrons. The van der Waals surface area contributed by atoms with Crippen LogP contribution in [0.2, 0.25) is 0 Å². The lowest BCUT2D eigenvalue weighted by atomic mass is 9.73. The SMILES string of the molecule is COc1ccc(C2C3=C(CC(C)(C)CC3=O)Nc3ccccc3N2CC(=O)N2CCN(C(c3ccc(F)cc3)c3ccc(F)cc3)CC2)cc1. The van der Waals surface area contributed by atoms with Gasteiger partial charge in [-0.1, -0.05) is 62.4 Å². The number of halogens is 2. The summed E-state index contributed by atoms with van der Waals surface area (Å²) in [6.45, 7) is 6.43. The molecule has 2 heterocycles. The zero-order valence-electron chi connectivity index (χ0n) is 28.7. The van der Waals surface area contributed by atoms with Gasteiger partial charge in [0.05, 0.1) is 37.1 Å². The number of benzene rings is 4. The van der Waals surface area contributed by atoms with Crippen LogP contribution in [-0.2, 0) is 9.59 Å². The lowest BCUT2D eigenvalue weighted by molar-refractivity contribution is -0.131. The van der Waals surface area contributed by atoms with Crippen LogP contribution >= 0.6 is 0 Å². The fraction of sp³-hybridized carbons (Fsp3) is 0.317. The van der Waals surface area contributed by atoms with Gasteiger partial charge in [-0.2, -0.15) is 0 Å². The Morgan fingerprint density at radius 3 is 2.04 bits per heavy atom. The van der Waals surface area contributed by atoms with Gasteiger partial charge in [0.15, 0.2) is 5.78 Å². The second kappa shape index (κ2) is 13.7. The molecule has 7 nitrogen and oxygen atoms in total. The Bertz CT molecular complexity index is 1850. The molecule has 0 aromatic heterocycles. The van der Waals surface area contributed by atoms with Crippen LogP contribution in [0.5, 0.6) is 5.75 Å². The minimum Gasteiger partial charge on any atom is -0.497 e. The average molecular weight is 677 g/mol. The third-order valence-electron chi connectivity index (χ3n) is 10.1. The van der Waals surface area contributed by atoms with E-state index in [1.807, 2.05) is 53.4 Å². The second-order valence-corrected chi connectivity index (χ2v) is 14.2. The molecule has 1 amide bonds. The number of anilines is 2. The van der Waals surface area contributed by atoms with Gasteiger partial charge in [-0.05, 0) is 77.1 Å². The van der Waals surface area contributed by atoms with E-state index >= 15 is 0 Å². The number of carbonyl (C=O) groups is 2. The maximum absolute atomic E-state index is 14.3. The molecular weight excluding hydrogens is 634 g/mol. The zero-order chi connectivity index (χ0) is 35.0. The summed E-state index contributed by atoms with van der Waals surface area (Å²) in [7, 11) is 1.63. The van der Waals surface area contributed by atoms with E-state index in [4.69, 9.17) is 4.74 Å². The van der Waals surface area contributed by atoms with Crippen LogP contribution in [0.1, 0.15) is 55.5 Å². The molecule has 4 aromatic carbocycles. The number of rotatable bonds is 7. The molecule has 0 saturated carbocycles. The number of piperazine rings is 1. The summed E-state index contributed by atoms with van der Waals surface area (Å²) in [5.74, 6) is 0.122. The molecule has 1 N–H and O–H groups in total. The number of fused-ring (bicyclic) bond motifs is 1. The summed E-state index contributed by atoms with van der Waals surface area (Å²) in [6, 6.07) is 27.8. The molecule has 0 bridgehead atoms. The summed E-state index contributed by atoms with van der Waals surface area (Å²) in [6.07, 6.45) is 1.13. The molecule has 1 aliphatic carbocycles. The van der Waals surface area contributed by atoms with E-state index in [1.54, 1.807) is 31.4 Å². The number of nitrogens with one attached hydrogen (secondary N) is 1. The van der Waals surface area contributed by atoms with Gasteiger partial charge in [0.1, 0.15) is 17.4 Å². The van der Waals surface area contributed by atoms with Crippen molar-refractivity contribution in [3.8, 4) is 5.75 Å². The quantitative estimate of drug-likeness (QED) is 0.219. The fourth-order valence-corrected chi connectivity index (χ4v) is 7.74. The van der Waals surface area contributed by atoms with E-state index in [2.05, 4.69) is 29.0 Å². The number of para-hydroxylation sites is 2. The molecule has 0 spiro atoms. The number of Topliss-reactive ketones (excluding diaryl/α,β-unsaturated/α-hetero) is 1. The molecule has 1 saturated heterocycles. The first-order valence-corrected chi connectivity index (χ1v) is 17.2. The van der Waals surface area contributed by atoms with Crippen LogP contribution in [0.3, 0.4) is 0 Å². The smallest absolute Gasteiger partial charge is 0.242 e. The van der Waals surface area contributed by atoms with Crippen molar-refractivity contribution in [2.24, 2.45) is 5.41 Å². The highest BCUT2D eigenvalue weighted by Gasteiger charge is 2.42. The Morgan fingerprint density at radius 2 is 1.44 bits per heavy atom. The molecule has 3 aliphatic rings. The first-order valence-electron chi connectivity index (χ1n) is 17.2. The minimum absolute atomic E-state index is 0.0364. The van der Waals surface area contributed by atoms with E-state index in [1.165, 1.54) is 24.3 Å². The molecule has 9 heteroatoms. The highest BCUT2D eigenvalue weighted by Crippen LogP contribution is 2.48. The zero-order valence-corrected chi connectivity index (χ0v) is 28.7. The number of carbonyl (C=O) groups excluding carboxylic acids is 2. The lowest BCUT2D eigenvalue weighted by Gasteiger charge is -2.41. The minimum atomic E-state index is -0.484. The van der Waals surface area contributed by atoms with Gasteiger partial charge in [-0.15, -0.1) is 0 Å². The number of allylic oxidation sites excluding steroid dienone is 1. The number of hydrogen-bond donors (Lipinski definition) is 1. The van der Waals surface area contributed by atoms with Crippen molar-refractivity contribution in [2.75, 3.05) is 50.1 Å². The average Bonchev–Trinajstić information content (AvgIpc) is 3.24. The third-order valence-corrected chi connectivity index (χ3v) is 10.1. The Balaban J connectivity index is 1.19. The third kappa shape index (κ3) is 6.74. The van der Waals surface area contributed by atoms with Gasteiger partial charge in [0, 0.05) is 43.9 Å². The van der Waals surface area contributed by atoms with Crippen molar-refractivity contribution in [1.29, 1.82) is 0 Å². The molecule has 0 radical (unpaired) electrons. The topological polar surface area (TPSA) is 65.1 Å². The lowest BCUT2D eigenvalue weighted by Crippen LogP contribution is -2.52. The van der Waals surface area contributed by atoms with Crippen molar-refractivity contribution in [3.05, 3.63) is 137 Å². The number of amides is 1. The van der Waals surface area contributed by atoms with Gasteiger partial charge in [0.2, 0.25) is 5.91 Å². The number of methoxy groups -OCH3 is 1. The number of ketones is 1. The molecule has 4 aromatic rings. The van der Waals surface area contributed by atoms with E-state index in [0.717, 1.165) is 33.8 Å². The highest BCUT2D eigenvalue weighted by atomic mass is 19.1. The molecular formula is C41H42F2N4O3. The van der Waals surface area contributed by atoms with Crippen molar-refractivity contribution in [3.63, 3.8) is 0 Å². The Labute approximate surface area is 292 Å². The molecule has 1 unspecified atom stereocenters. The van der Waals surface area contributed by atoms with Crippen LogP contribution in [0.25, 0.3) is 0 Å². The molecule has 1 fully saturated rings. The van der Waals surface area contributed by atoms with Crippen molar-refractivity contribution in [1.82, 2.24) is 9.80 Å². The van der Waals surface area contributed by atoms with Crippen LogP contribution < -0.4 is 15.0 Å². The van der Waals surface area contributed by atoms with E-state index in [9.17, 15) is 18.4 Å². The maximum atomic E-state index is 14.3. The summed E-state index contributed by atoms with van der Waals surface area (Å²) in [4.78, 5) is 34.6.